The molecule has 1 aliphatic rings. The van der Waals surface area contributed by atoms with Crippen molar-refractivity contribution in [3.8, 4) is 6.07 Å². The number of nitrogens with zero attached hydrogens (tertiary/aromatic N) is 2. The van der Waals surface area contributed by atoms with Crippen molar-refractivity contribution in [2.24, 2.45) is 0 Å². The van der Waals surface area contributed by atoms with Crippen molar-refractivity contribution in [3.05, 3.63) is 112 Å². The van der Waals surface area contributed by atoms with Gasteiger partial charge in [-0.3, -0.25) is 4.98 Å². The van der Waals surface area contributed by atoms with Crippen molar-refractivity contribution < 1.29 is 0 Å². The molecule has 5 rings (SSSR count). The first-order valence-electron chi connectivity index (χ1n) is 11.9. The Balaban J connectivity index is 1.59. The molecule has 7 nitrogen and oxygen atoms in total. The normalized spacial score (nSPS) is 14.2. The lowest BCUT2D eigenvalue weighted by Gasteiger charge is -2.24. The van der Waals surface area contributed by atoms with Gasteiger partial charge in [-0.15, -0.1) is 0 Å². The number of nitriles is 1. The fraction of sp³-hybridized carbons (Fsp3) is 0.143. The highest BCUT2D eigenvalue weighted by Gasteiger charge is 2.23. The van der Waals surface area contributed by atoms with Crippen molar-refractivity contribution in [1.29, 1.82) is 5.26 Å². The predicted octanol–water partition coefficient (Wildman–Crippen LogP) is 6.58. The van der Waals surface area contributed by atoms with Crippen LogP contribution in [0.3, 0.4) is 0 Å². The van der Waals surface area contributed by atoms with Crippen LogP contribution in [0.1, 0.15) is 42.1 Å². The van der Waals surface area contributed by atoms with Gasteiger partial charge < -0.3 is 21.5 Å². The average Bonchev–Trinajstić information content (AvgIpc) is 3.46. The molecule has 1 aliphatic heterocycles. The predicted molar refractivity (Wildman–Crippen MR) is 150 cm³/mol. The number of hydrogen-bond donors (Lipinski definition) is 5. The Bertz CT molecular complexity index is 1500. The van der Waals surface area contributed by atoms with Crippen molar-refractivity contribution in [3.63, 3.8) is 0 Å². The zero-order chi connectivity index (χ0) is 25.8. The summed E-state index contributed by atoms with van der Waals surface area (Å²) in [5, 5.41) is 18.9. The lowest BCUT2D eigenvalue weighted by Crippen LogP contribution is -2.34. The lowest BCUT2D eigenvalue weighted by atomic mass is 10.0. The van der Waals surface area contributed by atoms with E-state index in [1.165, 1.54) is 0 Å². The van der Waals surface area contributed by atoms with Crippen LogP contribution in [0.5, 0.6) is 0 Å². The van der Waals surface area contributed by atoms with E-state index < -0.39 is 0 Å². The topological polar surface area (TPSA) is 96.8 Å². The molecule has 2 heterocycles. The second kappa shape index (κ2) is 11.0. The van der Waals surface area contributed by atoms with Crippen LogP contribution in [0, 0.1) is 11.3 Å². The van der Waals surface area contributed by atoms with Gasteiger partial charge in [0.1, 0.15) is 6.07 Å². The highest BCUT2D eigenvalue weighted by molar-refractivity contribution is 6.36. The third kappa shape index (κ3) is 5.13. The van der Waals surface area contributed by atoms with E-state index in [0.717, 1.165) is 34.3 Å². The minimum absolute atomic E-state index is 0.00941. The number of rotatable bonds is 8. The van der Waals surface area contributed by atoms with Gasteiger partial charge in [0.25, 0.3) is 0 Å². The molecule has 0 bridgehead atoms. The van der Waals surface area contributed by atoms with Gasteiger partial charge in [-0.2, -0.15) is 10.8 Å². The summed E-state index contributed by atoms with van der Waals surface area (Å²) in [5.41, 5.74) is 14.3. The molecule has 0 radical (unpaired) electrons. The first-order chi connectivity index (χ1) is 18.1. The average molecular weight is 530 g/mol. The first-order valence-corrected chi connectivity index (χ1v) is 12.7. The smallest absolute Gasteiger partial charge is 0.103 e. The Morgan fingerprint density at radius 3 is 2.49 bits per heavy atom. The van der Waals surface area contributed by atoms with Crippen LogP contribution in [0.15, 0.2) is 84.8 Å². The summed E-state index contributed by atoms with van der Waals surface area (Å²) in [6.07, 6.45) is 4.23. The molecule has 0 saturated carbocycles. The van der Waals surface area contributed by atoms with E-state index in [-0.39, 0.29) is 12.1 Å². The molecule has 0 spiro atoms. The van der Waals surface area contributed by atoms with Crippen LogP contribution in [0.2, 0.25) is 10.0 Å². The lowest BCUT2D eigenvalue weighted by molar-refractivity contribution is 0.583. The molecule has 0 unspecified atom stereocenters. The second-order valence-electron chi connectivity index (χ2n) is 8.62. The van der Waals surface area contributed by atoms with E-state index in [4.69, 9.17) is 23.2 Å². The number of anilines is 2. The summed E-state index contributed by atoms with van der Waals surface area (Å²) < 4.78 is 0. The van der Waals surface area contributed by atoms with Crippen molar-refractivity contribution in [2.45, 2.75) is 25.4 Å². The quantitative estimate of drug-likeness (QED) is 0.176. The molecule has 0 saturated heterocycles. The summed E-state index contributed by atoms with van der Waals surface area (Å²) in [6.45, 7) is 2.11. The molecular formula is C28H25Cl2N7. The number of benzene rings is 3. The summed E-state index contributed by atoms with van der Waals surface area (Å²) in [4.78, 5) is 4.50. The molecule has 4 aromatic rings. The molecule has 1 aromatic heterocycles. The van der Waals surface area contributed by atoms with Crippen molar-refractivity contribution in [2.75, 3.05) is 10.6 Å². The fourth-order valence-electron chi connectivity index (χ4n) is 4.48. The zero-order valence-corrected chi connectivity index (χ0v) is 21.5. The van der Waals surface area contributed by atoms with Gasteiger partial charge >= 0.3 is 0 Å². The number of pyridine rings is 1. The maximum absolute atomic E-state index is 9.92. The molecule has 0 aliphatic carbocycles. The molecular weight excluding hydrogens is 505 g/mol. The molecule has 2 atom stereocenters. The number of halogens is 2. The van der Waals surface area contributed by atoms with Gasteiger partial charge in [0, 0.05) is 28.5 Å². The summed E-state index contributed by atoms with van der Waals surface area (Å²) in [7, 11) is 0. The maximum Gasteiger partial charge on any atom is 0.103 e. The minimum atomic E-state index is -0.305. The first kappa shape index (κ1) is 24.7. The van der Waals surface area contributed by atoms with Gasteiger partial charge in [0.05, 0.1) is 39.6 Å². The monoisotopic (exact) mass is 529 g/mol. The number of hydrazine groups is 2. The van der Waals surface area contributed by atoms with Gasteiger partial charge in [-0.1, -0.05) is 78.7 Å². The molecule has 0 fully saturated rings. The zero-order valence-electron chi connectivity index (χ0n) is 20.0. The SMILES string of the molecule is CC[C@@H](Nc1c(C#N)cnc2c(Cl)cc(N[C@H](C3=CNNN3)c3ccccc3Cl)cc12)c1ccccc1. The highest BCUT2D eigenvalue weighted by Crippen LogP contribution is 2.38. The minimum Gasteiger partial charge on any atom is -0.377 e. The molecule has 37 heavy (non-hydrogen) atoms. The fourth-order valence-corrected chi connectivity index (χ4v) is 4.99. The van der Waals surface area contributed by atoms with Crippen LogP contribution in [-0.2, 0) is 0 Å². The van der Waals surface area contributed by atoms with Crippen LogP contribution in [-0.4, -0.2) is 4.98 Å². The van der Waals surface area contributed by atoms with Gasteiger partial charge in [-0.05, 0) is 35.7 Å². The number of nitrogens with one attached hydrogen (secondary N) is 5. The van der Waals surface area contributed by atoms with E-state index in [0.29, 0.717) is 26.8 Å². The van der Waals surface area contributed by atoms with Crippen LogP contribution < -0.4 is 27.0 Å². The second-order valence-corrected chi connectivity index (χ2v) is 9.44. The summed E-state index contributed by atoms with van der Waals surface area (Å²) in [5.74, 6) is 0. The summed E-state index contributed by atoms with van der Waals surface area (Å²) >= 11 is 13.3. The number of hydrogen-bond acceptors (Lipinski definition) is 7. The van der Waals surface area contributed by atoms with E-state index in [1.807, 2.05) is 60.8 Å². The molecule has 3 aromatic carbocycles. The molecule has 186 valence electrons. The van der Waals surface area contributed by atoms with E-state index in [9.17, 15) is 5.26 Å². The molecule has 5 N–H and O–H groups in total. The van der Waals surface area contributed by atoms with E-state index in [2.05, 4.69) is 57.1 Å². The van der Waals surface area contributed by atoms with Gasteiger partial charge in [-0.25, -0.2) is 0 Å². The van der Waals surface area contributed by atoms with Gasteiger partial charge in [0.15, 0.2) is 0 Å². The Labute approximate surface area is 225 Å². The Kier molecular flexibility index (Phi) is 7.33. The van der Waals surface area contributed by atoms with Crippen LogP contribution >= 0.6 is 23.2 Å². The van der Waals surface area contributed by atoms with Crippen molar-refractivity contribution in [1.82, 2.24) is 21.4 Å². The van der Waals surface area contributed by atoms with Gasteiger partial charge in [0.2, 0.25) is 0 Å². The number of aromatic nitrogens is 1. The Morgan fingerprint density at radius 2 is 1.78 bits per heavy atom. The Morgan fingerprint density at radius 1 is 1.00 bits per heavy atom. The third-order valence-corrected chi connectivity index (χ3v) is 6.95. The maximum atomic E-state index is 9.92. The highest BCUT2D eigenvalue weighted by atomic mass is 35.5. The van der Waals surface area contributed by atoms with E-state index >= 15 is 0 Å². The molecule has 0 amide bonds. The summed E-state index contributed by atoms with van der Waals surface area (Å²) in [6, 6.07) is 23.6. The number of fused-ring (bicyclic) bond motifs is 1. The van der Waals surface area contributed by atoms with Crippen molar-refractivity contribution >= 4 is 45.5 Å². The molecule has 9 heteroatoms. The third-order valence-electron chi connectivity index (χ3n) is 6.32. The largest absolute Gasteiger partial charge is 0.377 e. The Hall–Kier alpha value is -3.96. The van der Waals surface area contributed by atoms with Crippen LogP contribution in [0.4, 0.5) is 11.4 Å². The van der Waals surface area contributed by atoms with Crippen LogP contribution in [0.25, 0.3) is 10.9 Å². The van der Waals surface area contributed by atoms with E-state index in [1.54, 1.807) is 6.20 Å². The standard InChI is InChI=1S/C28H25Cl2N7/c1-2-24(17-8-4-3-5-9-17)35-26-18(14-31)15-32-27-21(26)12-19(13-23(27)30)34-28(25-16-33-37-36-25)20-10-6-7-11-22(20)29/h3-13,15-16,24,28,33-34,36-37H,2H2,1H3,(H,32,35)/t24-,28+/m1/s1.